The van der Waals surface area contributed by atoms with Gasteiger partial charge in [0.1, 0.15) is 13.2 Å². The summed E-state index contributed by atoms with van der Waals surface area (Å²) in [6, 6.07) is 13.6. The second kappa shape index (κ2) is 6.64. The van der Waals surface area contributed by atoms with Crippen molar-refractivity contribution in [2.45, 2.75) is 6.92 Å². The van der Waals surface area contributed by atoms with Crippen LogP contribution in [0.4, 0.5) is 23.1 Å². The van der Waals surface area contributed by atoms with E-state index in [0.717, 1.165) is 28.4 Å². The van der Waals surface area contributed by atoms with Gasteiger partial charge in [0.05, 0.1) is 6.20 Å². The van der Waals surface area contributed by atoms with Crippen LogP contribution < -0.4 is 20.1 Å². The molecule has 1 aromatic heterocycles. The number of anilines is 4. The van der Waals surface area contributed by atoms with Crippen molar-refractivity contribution in [3.05, 3.63) is 54.2 Å². The Balaban J connectivity index is 1.53. The van der Waals surface area contributed by atoms with E-state index in [4.69, 9.17) is 9.47 Å². The van der Waals surface area contributed by atoms with Gasteiger partial charge in [0, 0.05) is 17.4 Å². The molecular formula is C18H17N5O2. The second-order valence-corrected chi connectivity index (χ2v) is 5.59. The molecule has 7 heteroatoms. The first kappa shape index (κ1) is 15.2. The topological polar surface area (TPSA) is 81.2 Å². The lowest BCUT2D eigenvalue weighted by Crippen LogP contribution is -2.15. The molecule has 126 valence electrons. The number of fused-ring (bicyclic) bond motifs is 1. The van der Waals surface area contributed by atoms with Crippen LogP contribution in [0.25, 0.3) is 0 Å². The van der Waals surface area contributed by atoms with Gasteiger partial charge < -0.3 is 20.1 Å². The largest absolute Gasteiger partial charge is 0.486 e. The van der Waals surface area contributed by atoms with E-state index in [1.165, 1.54) is 0 Å². The Kier molecular flexibility index (Phi) is 4.04. The SMILES string of the molecule is Cc1ccccc1Nc1nncc(Nc2ccc3c(c2)OCCO3)n1. The molecule has 3 aromatic rings. The lowest BCUT2D eigenvalue weighted by Gasteiger charge is -2.19. The van der Waals surface area contributed by atoms with Crippen LogP contribution in [-0.4, -0.2) is 28.4 Å². The first-order valence-corrected chi connectivity index (χ1v) is 7.97. The maximum atomic E-state index is 5.59. The van der Waals surface area contributed by atoms with Crippen molar-refractivity contribution in [2.75, 3.05) is 23.8 Å². The Bertz CT molecular complexity index is 900. The molecule has 0 saturated heterocycles. The molecule has 1 aliphatic heterocycles. The molecule has 0 spiro atoms. The number of ether oxygens (including phenoxy) is 2. The first-order chi connectivity index (χ1) is 12.3. The number of aryl methyl sites for hydroxylation is 1. The molecule has 0 unspecified atom stereocenters. The molecule has 2 aromatic carbocycles. The molecule has 2 heterocycles. The normalized spacial score (nSPS) is 12.5. The number of rotatable bonds is 4. The van der Waals surface area contributed by atoms with Crippen LogP contribution in [0.1, 0.15) is 5.56 Å². The average molecular weight is 335 g/mol. The molecule has 0 fully saturated rings. The molecule has 25 heavy (non-hydrogen) atoms. The van der Waals surface area contributed by atoms with E-state index in [2.05, 4.69) is 25.8 Å². The Labute approximate surface area is 145 Å². The van der Waals surface area contributed by atoms with Crippen molar-refractivity contribution in [1.29, 1.82) is 0 Å². The number of benzene rings is 2. The van der Waals surface area contributed by atoms with E-state index in [0.29, 0.717) is 25.0 Å². The fourth-order valence-corrected chi connectivity index (χ4v) is 2.52. The van der Waals surface area contributed by atoms with Crippen LogP contribution in [0.3, 0.4) is 0 Å². The molecule has 2 N–H and O–H groups in total. The van der Waals surface area contributed by atoms with Gasteiger partial charge in [0.15, 0.2) is 17.3 Å². The Morgan fingerprint density at radius 2 is 1.80 bits per heavy atom. The van der Waals surface area contributed by atoms with Crippen molar-refractivity contribution >= 4 is 23.1 Å². The van der Waals surface area contributed by atoms with Crippen molar-refractivity contribution in [1.82, 2.24) is 15.2 Å². The number of aromatic nitrogens is 3. The van der Waals surface area contributed by atoms with Crippen molar-refractivity contribution in [3.8, 4) is 11.5 Å². The van der Waals surface area contributed by atoms with Crippen LogP contribution in [0.15, 0.2) is 48.7 Å². The summed E-state index contributed by atoms with van der Waals surface area (Å²) in [6.07, 6.45) is 1.57. The highest BCUT2D eigenvalue weighted by Gasteiger charge is 2.12. The van der Waals surface area contributed by atoms with Gasteiger partial charge >= 0.3 is 0 Å². The minimum absolute atomic E-state index is 0.428. The number of nitrogens with one attached hydrogen (secondary N) is 2. The molecule has 4 rings (SSSR count). The van der Waals surface area contributed by atoms with Gasteiger partial charge in [-0.2, -0.15) is 10.1 Å². The Hall–Kier alpha value is -3.35. The minimum Gasteiger partial charge on any atom is -0.486 e. The maximum absolute atomic E-state index is 5.59. The summed E-state index contributed by atoms with van der Waals surface area (Å²) in [4.78, 5) is 4.45. The fourth-order valence-electron chi connectivity index (χ4n) is 2.52. The summed E-state index contributed by atoms with van der Waals surface area (Å²) in [5.41, 5.74) is 2.89. The monoisotopic (exact) mass is 335 g/mol. The third-order valence-electron chi connectivity index (χ3n) is 3.76. The van der Waals surface area contributed by atoms with Gasteiger partial charge in [0.2, 0.25) is 5.95 Å². The van der Waals surface area contributed by atoms with Gasteiger partial charge in [-0.1, -0.05) is 18.2 Å². The summed E-state index contributed by atoms with van der Waals surface area (Å²) in [6.45, 7) is 3.15. The Morgan fingerprint density at radius 1 is 0.960 bits per heavy atom. The molecule has 0 saturated carbocycles. The van der Waals surface area contributed by atoms with E-state index >= 15 is 0 Å². The van der Waals surface area contributed by atoms with Gasteiger partial charge in [0.25, 0.3) is 0 Å². The third-order valence-corrected chi connectivity index (χ3v) is 3.76. The second-order valence-electron chi connectivity index (χ2n) is 5.59. The standard InChI is InChI=1S/C18H17N5O2/c1-12-4-2-3-5-14(12)21-18-22-17(11-19-23-18)20-13-6-7-15-16(10-13)25-9-8-24-15/h2-7,10-11H,8-9H2,1H3,(H2,20,21,22,23). The molecule has 0 bridgehead atoms. The zero-order chi connectivity index (χ0) is 17.1. The lowest BCUT2D eigenvalue weighted by atomic mass is 10.2. The average Bonchev–Trinajstić information content (AvgIpc) is 2.64. The minimum atomic E-state index is 0.428. The molecule has 7 nitrogen and oxygen atoms in total. The molecule has 0 atom stereocenters. The zero-order valence-corrected chi connectivity index (χ0v) is 13.7. The molecular weight excluding hydrogens is 318 g/mol. The first-order valence-electron chi connectivity index (χ1n) is 7.97. The lowest BCUT2D eigenvalue weighted by molar-refractivity contribution is 0.171. The molecule has 0 amide bonds. The zero-order valence-electron chi connectivity index (χ0n) is 13.7. The van der Waals surface area contributed by atoms with Crippen LogP contribution >= 0.6 is 0 Å². The van der Waals surface area contributed by atoms with Crippen LogP contribution in [0.2, 0.25) is 0 Å². The number of hydrogen-bond donors (Lipinski definition) is 2. The van der Waals surface area contributed by atoms with Gasteiger partial charge in [-0.25, -0.2) is 0 Å². The highest BCUT2D eigenvalue weighted by atomic mass is 16.6. The number of nitrogens with zero attached hydrogens (tertiary/aromatic N) is 3. The van der Waals surface area contributed by atoms with E-state index in [9.17, 15) is 0 Å². The molecule has 1 aliphatic rings. The van der Waals surface area contributed by atoms with E-state index < -0.39 is 0 Å². The third kappa shape index (κ3) is 3.45. The van der Waals surface area contributed by atoms with Gasteiger partial charge in [-0.05, 0) is 30.7 Å². The summed E-state index contributed by atoms with van der Waals surface area (Å²) in [7, 11) is 0. The van der Waals surface area contributed by atoms with Crippen LogP contribution in [0.5, 0.6) is 11.5 Å². The van der Waals surface area contributed by atoms with Crippen molar-refractivity contribution < 1.29 is 9.47 Å². The molecule has 0 aliphatic carbocycles. The summed E-state index contributed by atoms with van der Waals surface area (Å²) >= 11 is 0. The van der Waals surface area contributed by atoms with E-state index in [-0.39, 0.29) is 0 Å². The van der Waals surface area contributed by atoms with E-state index in [1.54, 1.807) is 6.20 Å². The quantitative estimate of drug-likeness (QED) is 0.756. The predicted octanol–water partition coefficient (Wildman–Crippen LogP) is 3.44. The summed E-state index contributed by atoms with van der Waals surface area (Å²) in [5, 5.41) is 14.4. The fraction of sp³-hybridized carbons (Fsp3) is 0.167. The molecule has 0 radical (unpaired) electrons. The number of hydrogen-bond acceptors (Lipinski definition) is 7. The van der Waals surface area contributed by atoms with Crippen molar-refractivity contribution in [3.63, 3.8) is 0 Å². The van der Waals surface area contributed by atoms with E-state index in [1.807, 2.05) is 49.4 Å². The highest BCUT2D eigenvalue weighted by molar-refractivity contribution is 5.63. The van der Waals surface area contributed by atoms with Crippen LogP contribution in [0, 0.1) is 6.92 Å². The predicted molar refractivity (Wildman–Crippen MR) is 95.0 cm³/mol. The van der Waals surface area contributed by atoms with Gasteiger partial charge in [-0.3, -0.25) is 0 Å². The maximum Gasteiger partial charge on any atom is 0.249 e. The van der Waals surface area contributed by atoms with Crippen molar-refractivity contribution in [2.24, 2.45) is 0 Å². The van der Waals surface area contributed by atoms with Crippen LogP contribution in [-0.2, 0) is 0 Å². The highest BCUT2D eigenvalue weighted by Crippen LogP contribution is 2.33. The summed E-state index contributed by atoms with van der Waals surface area (Å²) < 4.78 is 11.1. The Morgan fingerprint density at radius 3 is 2.68 bits per heavy atom. The van der Waals surface area contributed by atoms with Gasteiger partial charge in [-0.15, -0.1) is 5.10 Å². The summed E-state index contributed by atoms with van der Waals surface area (Å²) in [5.74, 6) is 2.48. The number of para-hydroxylation sites is 1. The smallest absolute Gasteiger partial charge is 0.249 e.